The summed E-state index contributed by atoms with van der Waals surface area (Å²) in [4.78, 5) is 0. The van der Waals surface area contributed by atoms with Gasteiger partial charge in [0.05, 0.1) is 0 Å². The van der Waals surface area contributed by atoms with Crippen LogP contribution in [0.4, 0.5) is 0 Å². The average molecular weight is 1270 g/mol. The van der Waals surface area contributed by atoms with E-state index >= 15 is 0 Å². The molecule has 0 bridgehead atoms. The molecule has 0 aliphatic carbocycles. The molecule has 10 aromatic rings. The minimum atomic E-state index is -3.62. The Balaban J connectivity index is 1.22. The van der Waals surface area contributed by atoms with Crippen LogP contribution < -0.4 is 0 Å². The van der Waals surface area contributed by atoms with Crippen molar-refractivity contribution in [1.82, 2.24) is 0 Å². The van der Waals surface area contributed by atoms with E-state index in [2.05, 4.69) is 303 Å². The highest BCUT2D eigenvalue weighted by Gasteiger charge is 2.62. The summed E-state index contributed by atoms with van der Waals surface area (Å²) in [7, 11) is -18.1. The molecule has 0 atom stereocenters. The lowest BCUT2D eigenvalue weighted by atomic mass is 10.2. The smallest absolute Gasteiger partial charge is 0.321 e. The van der Waals surface area contributed by atoms with Crippen molar-refractivity contribution in [2.45, 2.75) is 125 Å². The first-order valence-corrected chi connectivity index (χ1v) is 44.4. The third-order valence-corrected chi connectivity index (χ3v) is 43.2. The van der Waals surface area contributed by atoms with Crippen LogP contribution in [0.1, 0.15) is 55.6 Å². The van der Waals surface area contributed by atoms with E-state index < -0.39 is 42.8 Å². The Morgan fingerprint density at radius 1 is 0.133 bits per heavy atom. The van der Waals surface area contributed by atoms with E-state index in [9.17, 15) is 0 Å². The topological polar surface area (TPSA) is 46.2 Å². The predicted octanol–water partition coefficient (Wildman–Crippen LogP) is 19.7. The molecule has 0 saturated carbocycles. The number of aryl methyl sites for hydroxylation is 10. The fourth-order valence-electron chi connectivity index (χ4n) is 13.2. The standard InChI is InChI=1S/C80H90O5Si5/c1-11-31-71(32-12-1)51-61-86(62-52-72-33-13-2-14-34-72)81-87(63-53-73-35-15-3-16-36-73,64-54-74-37-17-4-18-38-74)83-89(67-57-77-43-23-7-24-44-77,68-58-78-45-25-8-26-46-78)85-90(69-59-79-47-27-9-28-48-79,70-60-80-49-29-10-30-50-80)84-88(82-86,65-55-75-39-19-5-20-40-75)66-56-76-41-21-6-22-42-76/h1-50H,51-70H2. The predicted molar refractivity (Wildman–Crippen MR) is 384 cm³/mol. The highest BCUT2D eigenvalue weighted by molar-refractivity contribution is 6.95. The van der Waals surface area contributed by atoms with Crippen LogP contribution in [0.5, 0.6) is 0 Å². The molecular weight excluding hydrogens is 1180 g/mol. The van der Waals surface area contributed by atoms with Gasteiger partial charge in [0.25, 0.3) is 0 Å². The third kappa shape index (κ3) is 19.6. The van der Waals surface area contributed by atoms with Crippen LogP contribution in [0.25, 0.3) is 0 Å². The minimum absolute atomic E-state index is 0.763. The van der Waals surface area contributed by atoms with Gasteiger partial charge in [0.1, 0.15) is 0 Å². The van der Waals surface area contributed by atoms with Crippen molar-refractivity contribution in [2.24, 2.45) is 0 Å². The van der Waals surface area contributed by atoms with E-state index in [0.29, 0.717) is 0 Å². The molecule has 460 valence electrons. The van der Waals surface area contributed by atoms with Crippen LogP contribution >= 0.6 is 0 Å². The van der Waals surface area contributed by atoms with Crippen LogP contribution in [0.15, 0.2) is 303 Å². The molecule has 1 fully saturated rings. The first-order chi connectivity index (χ1) is 44.3. The van der Waals surface area contributed by atoms with E-state index in [1.54, 1.807) is 0 Å². The summed E-state index contributed by atoms with van der Waals surface area (Å²) >= 11 is 0. The molecule has 0 unspecified atom stereocenters. The summed E-state index contributed by atoms with van der Waals surface area (Å²) < 4.78 is 45.5. The van der Waals surface area contributed by atoms with E-state index in [1.807, 2.05) is 0 Å². The molecule has 10 aromatic carbocycles. The molecule has 0 radical (unpaired) electrons. The van der Waals surface area contributed by atoms with Crippen molar-refractivity contribution in [3.8, 4) is 0 Å². The fourth-order valence-corrected chi connectivity index (χ4v) is 45.6. The number of benzene rings is 10. The van der Waals surface area contributed by atoms with Gasteiger partial charge in [-0.3, -0.25) is 0 Å². The fraction of sp³-hybridized carbons (Fsp3) is 0.250. The summed E-state index contributed by atoms with van der Waals surface area (Å²) in [6.45, 7) is 0. The van der Waals surface area contributed by atoms with Gasteiger partial charge in [-0.2, -0.15) is 0 Å². The summed E-state index contributed by atoms with van der Waals surface area (Å²) in [5.74, 6) is 0. The molecule has 0 amide bonds. The second kappa shape index (κ2) is 32.9. The summed E-state index contributed by atoms with van der Waals surface area (Å²) in [5.41, 5.74) is 13.0. The van der Waals surface area contributed by atoms with Gasteiger partial charge in [-0.05, 0) is 180 Å². The molecule has 5 nitrogen and oxygen atoms in total. The van der Waals surface area contributed by atoms with Crippen molar-refractivity contribution in [2.75, 3.05) is 0 Å². The molecule has 1 aliphatic rings. The molecule has 1 aliphatic heterocycles. The zero-order valence-corrected chi connectivity index (χ0v) is 57.6. The molecular formula is C80H90O5Si5. The molecule has 0 N–H and O–H groups in total. The Bertz CT molecular complexity index is 2800. The normalized spacial score (nSPS) is 15.8. The molecule has 0 aromatic heterocycles. The first-order valence-electron chi connectivity index (χ1n) is 33.2. The lowest BCUT2D eigenvalue weighted by Gasteiger charge is -2.54. The number of hydrogen-bond donors (Lipinski definition) is 0. The molecule has 90 heavy (non-hydrogen) atoms. The second-order valence-electron chi connectivity index (χ2n) is 24.9. The lowest BCUT2D eigenvalue weighted by Crippen LogP contribution is -2.70. The summed E-state index contributed by atoms with van der Waals surface area (Å²) in [6, 6.07) is 119. The van der Waals surface area contributed by atoms with E-state index in [4.69, 9.17) is 20.6 Å². The van der Waals surface area contributed by atoms with Crippen LogP contribution in [0.2, 0.25) is 60.4 Å². The molecule has 1 heterocycles. The Hall–Kier alpha value is -6.92. The van der Waals surface area contributed by atoms with Crippen molar-refractivity contribution < 1.29 is 20.6 Å². The Labute approximate surface area is 543 Å². The van der Waals surface area contributed by atoms with Gasteiger partial charge in [-0.15, -0.1) is 0 Å². The van der Waals surface area contributed by atoms with E-state index in [-0.39, 0.29) is 0 Å². The quantitative estimate of drug-likeness (QED) is 0.0420. The Morgan fingerprint density at radius 2 is 0.222 bits per heavy atom. The maximum atomic E-state index is 9.09. The SMILES string of the molecule is c1ccc(CC[Si]2(CCc3ccccc3)O[Si](CCc3ccccc3)(CCc3ccccc3)O[Si](CCc3ccccc3)(CCc3ccccc3)O[Si](CCc3ccccc3)(CCc3ccccc3)O[Si](CCc3ccccc3)(CCc3ccccc3)O2)cc1. The Morgan fingerprint density at radius 3 is 0.311 bits per heavy atom. The maximum Gasteiger partial charge on any atom is 0.321 e. The highest BCUT2D eigenvalue weighted by Crippen LogP contribution is 2.46. The van der Waals surface area contributed by atoms with Crippen molar-refractivity contribution in [1.29, 1.82) is 0 Å². The minimum Gasteiger partial charge on any atom is -0.415 e. The molecule has 0 spiro atoms. The van der Waals surface area contributed by atoms with Crippen LogP contribution in [-0.4, -0.2) is 42.8 Å². The van der Waals surface area contributed by atoms with Gasteiger partial charge in [0, 0.05) is 0 Å². The van der Waals surface area contributed by atoms with E-state index in [0.717, 1.165) is 125 Å². The van der Waals surface area contributed by atoms with Crippen LogP contribution in [-0.2, 0) is 84.8 Å². The third-order valence-electron chi connectivity index (χ3n) is 18.2. The number of rotatable bonds is 30. The summed E-state index contributed by atoms with van der Waals surface area (Å²) in [6.07, 6.45) is 8.17. The van der Waals surface area contributed by atoms with Gasteiger partial charge in [-0.25, -0.2) is 0 Å². The molecule has 11 rings (SSSR count). The van der Waals surface area contributed by atoms with Gasteiger partial charge in [0.2, 0.25) is 0 Å². The lowest BCUT2D eigenvalue weighted by molar-refractivity contribution is 0.207. The zero-order chi connectivity index (χ0) is 61.3. The van der Waals surface area contributed by atoms with Crippen LogP contribution in [0, 0.1) is 0 Å². The van der Waals surface area contributed by atoms with Crippen molar-refractivity contribution in [3.05, 3.63) is 359 Å². The molecule has 1 saturated heterocycles. The van der Waals surface area contributed by atoms with Crippen molar-refractivity contribution >= 4 is 42.8 Å². The van der Waals surface area contributed by atoms with Crippen LogP contribution in [0.3, 0.4) is 0 Å². The van der Waals surface area contributed by atoms with Gasteiger partial charge in [-0.1, -0.05) is 303 Å². The second-order valence-corrected chi connectivity index (χ2v) is 43.1. The Kier molecular flexibility index (Phi) is 23.6. The highest BCUT2D eigenvalue weighted by atomic mass is 28.5. The summed E-state index contributed by atoms with van der Waals surface area (Å²) in [5, 5.41) is 0. The van der Waals surface area contributed by atoms with E-state index in [1.165, 1.54) is 55.6 Å². The largest absolute Gasteiger partial charge is 0.415 e. The van der Waals surface area contributed by atoms with Gasteiger partial charge in [0.15, 0.2) is 0 Å². The van der Waals surface area contributed by atoms with Crippen molar-refractivity contribution in [3.63, 3.8) is 0 Å². The average Bonchev–Trinajstić information content (AvgIpc) is 0.766. The molecule has 10 heteroatoms. The zero-order valence-electron chi connectivity index (χ0n) is 52.6. The van der Waals surface area contributed by atoms with Gasteiger partial charge >= 0.3 is 42.8 Å². The first kappa shape index (κ1) is 64.6. The van der Waals surface area contributed by atoms with Gasteiger partial charge < -0.3 is 20.6 Å². The number of hydrogen-bond acceptors (Lipinski definition) is 5. The maximum absolute atomic E-state index is 9.09. The monoisotopic (exact) mass is 1270 g/mol.